The smallest absolute Gasteiger partial charge is 0.341 e. The lowest BCUT2D eigenvalue weighted by Gasteiger charge is -2.04. The minimum Gasteiger partial charge on any atom is -0.507 e. The molecule has 0 heterocycles. The highest BCUT2D eigenvalue weighted by molar-refractivity contribution is 7.85. The first kappa shape index (κ1) is 81.0. The predicted molar refractivity (Wildman–Crippen MR) is 346 cm³/mol. The molecule has 9 aromatic rings. The molecule has 0 aliphatic carbocycles. The maximum absolute atomic E-state index is 10.9. The topological polar surface area (TPSA) is 495 Å². The van der Waals surface area contributed by atoms with E-state index in [9.17, 15) is 66.5 Å². The molecule has 0 saturated carbocycles. The number of anilines is 1. The summed E-state index contributed by atoms with van der Waals surface area (Å²) in [4.78, 5) is 116. The highest BCUT2D eigenvalue weighted by Gasteiger charge is 2.23. The molecule has 0 aromatic heterocycles. The number of nitrogen functional groups attached to an aromatic ring is 1. The zero-order valence-electron chi connectivity index (χ0n) is 49.9. The fourth-order valence-electron chi connectivity index (χ4n) is 6.39. The molecule has 0 fully saturated rings. The van der Waals surface area contributed by atoms with Gasteiger partial charge >= 0.3 is 53.7 Å². The fourth-order valence-corrected chi connectivity index (χ4v) is 7.04. The van der Waals surface area contributed by atoms with Gasteiger partial charge in [-0.25, -0.2) is 38.4 Å². The van der Waals surface area contributed by atoms with Crippen molar-refractivity contribution in [3.8, 4) is 17.2 Å². The summed E-state index contributed by atoms with van der Waals surface area (Å²) in [6.45, 7) is 1.38. The van der Waals surface area contributed by atoms with Crippen molar-refractivity contribution in [1.82, 2.24) is 0 Å². The molecule has 0 radical (unpaired) electrons. The third-order valence-corrected chi connectivity index (χ3v) is 11.9. The van der Waals surface area contributed by atoms with Gasteiger partial charge in [0.05, 0.1) is 50.3 Å². The maximum atomic E-state index is 10.9. The monoisotopic (exact) mass is 1360 g/mol. The molecule has 0 amide bonds. The second-order valence-electron chi connectivity index (χ2n) is 17.6. The average Bonchev–Trinajstić information content (AvgIpc) is 0.856. The van der Waals surface area contributed by atoms with Crippen LogP contribution < -0.4 is 10.5 Å². The molecule has 0 aliphatic rings. The van der Waals surface area contributed by atoms with E-state index >= 15 is 0 Å². The number of nitrogens with zero attached hydrogens (tertiary/aromatic N) is 1. The number of non-ortho nitro benzene ring substituents is 1. The number of hydrogen-bond donors (Lipinski definition) is 12. The van der Waals surface area contributed by atoms with Gasteiger partial charge < -0.3 is 61.2 Å². The Labute approximate surface area is 550 Å². The van der Waals surface area contributed by atoms with Crippen LogP contribution in [0.25, 0.3) is 0 Å². The standard InChI is InChI=1S/2C9H6O6.C8H8O3.C8H8O2.C7H6O3.C7H6O.C6H5NO2.C6H7NS.C6H6O3S/c10-7(11)4-1-2-5(8(12)13)6(3-4)9(14)15;10-7(11)4-2-1-3-5(8(12)13)6(4)9(14)15;1-11-8(10)6-4-2-3-5-7(6)9;1-7(9)10-8-5-3-2-4-6-8;8-6-4-2-1-3-5(6)7(9)10;8-6-7-4-2-1-3-5-7;8-7(9)6-4-2-1-3-5-6;7-5-1-3-6(8)4-2-5;7-10(8,9)6-4-2-1-3-5-6/h2*1-3H,(H,10,11)(H,12,13)(H,14,15);2-5,9H,1H3;2-6H,1H3;1-4,8H,(H,9,10);1-6H;1-5H;1-4,8H,7H2;1-5H,(H,7,8,9). The number of nitro groups is 1. The van der Waals surface area contributed by atoms with Gasteiger partial charge in [0.25, 0.3) is 15.8 Å². The lowest BCUT2D eigenvalue weighted by molar-refractivity contribution is -0.384. The van der Waals surface area contributed by atoms with Crippen molar-refractivity contribution in [1.29, 1.82) is 0 Å². The number of carboxylic acids is 7. The number of aromatic carboxylic acids is 7. The number of esters is 2. The van der Waals surface area contributed by atoms with E-state index in [1.165, 1.54) is 68.6 Å². The third-order valence-electron chi connectivity index (χ3n) is 10.8. The van der Waals surface area contributed by atoms with Gasteiger partial charge in [0.15, 0.2) is 0 Å². The number of nitrogens with two attached hydrogens (primary N) is 1. The van der Waals surface area contributed by atoms with Gasteiger partial charge in [-0.15, -0.1) is 12.6 Å². The molecule has 0 aliphatic heterocycles. The highest BCUT2D eigenvalue weighted by atomic mass is 32.2. The number of rotatable bonds is 12. The Morgan fingerprint density at radius 3 is 1.20 bits per heavy atom. The fraction of sp³-hybridized carbons (Fsp3) is 0.0303. The molecular formula is C66H58N2O26S2. The largest absolute Gasteiger partial charge is 0.507 e. The van der Waals surface area contributed by atoms with E-state index in [-0.39, 0.29) is 44.7 Å². The van der Waals surface area contributed by atoms with Crippen LogP contribution in [0.4, 0.5) is 11.4 Å². The Morgan fingerprint density at radius 1 is 0.479 bits per heavy atom. The molecule has 9 rings (SSSR count). The summed E-state index contributed by atoms with van der Waals surface area (Å²) in [5.41, 5.74) is 4.13. The number of nitro benzene ring substituents is 1. The zero-order chi connectivity index (χ0) is 72.5. The molecule has 0 spiro atoms. The third kappa shape index (κ3) is 31.6. The van der Waals surface area contributed by atoms with Crippen LogP contribution in [0.3, 0.4) is 0 Å². The number of benzene rings is 9. The summed E-state index contributed by atoms with van der Waals surface area (Å²) in [5, 5.41) is 88.3. The van der Waals surface area contributed by atoms with E-state index < -0.39 is 90.6 Å². The highest BCUT2D eigenvalue weighted by Crippen LogP contribution is 2.19. The average molecular weight is 1360 g/mol. The normalized spacial score (nSPS) is 9.42. The molecule has 0 bridgehead atoms. The number of thiol groups is 1. The van der Waals surface area contributed by atoms with Gasteiger partial charge in [0, 0.05) is 35.2 Å². The predicted octanol–water partition coefficient (Wildman–Crippen LogP) is 11.0. The van der Waals surface area contributed by atoms with Crippen LogP contribution in [-0.2, 0) is 19.6 Å². The Hall–Kier alpha value is -13.1. The number of aldehydes is 1. The van der Waals surface area contributed by atoms with E-state index in [2.05, 4.69) is 17.4 Å². The number of hydrogen-bond acceptors (Lipinski definition) is 20. The number of phenols is 2. The number of carbonyl (C=O) groups excluding carboxylic acids is 3. The Balaban J connectivity index is 0.000000544. The van der Waals surface area contributed by atoms with Crippen molar-refractivity contribution in [2.24, 2.45) is 0 Å². The van der Waals surface area contributed by atoms with Gasteiger partial charge in [-0.3, -0.25) is 24.3 Å². The summed E-state index contributed by atoms with van der Waals surface area (Å²) in [7, 11) is -2.73. The van der Waals surface area contributed by atoms with Gasteiger partial charge in [0.1, 0.15) is 34.7 Å². The molecule has 0 unspecified atom stereocenters. The number of ether oxygens (including phenoxy) is 2. The van der Waals surface area contributed by atoms with Crippen LogP contribution in [0.5, 0.6) is 17.2 Å². The first-order valence-electron chi connectivity index (χ1n) is 26.3. The number of methoxy groups -OCH3 is 1. The second kappa shape index (κ2) is 42.8. The number of aromatic hydroxyl groups is 2. The molecule has 30 heteroatoms. The van der Waals surface area contributed by atoms with Crippen molar-refractivity contribution in [2.75, 3.05) is 12.8 Å². The Bertz CT molecular complexity index is 4110. The molecule has 0 atom stereocenters. The second-order valence-corrected chi connectivity index (χ2v) is 19.5. The van der Waals surface area contributed by atoms with E-state index in [0.29, 0.717) is 5.75 Å². The molecule has 0 saturated heterocycles. The van der Waals surface area contributed by atoms with E-state index in [4.69, 9.17) is 61.0 Å². The Morgan fingerprint density at radius 2 is 0.875 bits per heavy atom. The maximum Gasteiger partial charge on any atom is 0.341 e. The summed E-state index contributed by atoms with van der Waals surface area (Å²) >= 11 is 4.08. The first-order valence-corrected chi connectivity index (χ1v) is 28.2. The minimum absolute atomic E-state index is 0.0562. The molecule has 500 valence electrons. The van der Waals surface area contributed by atoms with Crippen LogP contribution in [0.15, 0.2) is 240 Å². The van der Waals surface area contributed by atoms with E-state index in [1.54, 1.807) is 84.9 Å². The van der Waals surface area contributed by atoms with Gasteiger partial charge in [-0.05, 0) is 103 Å². The van der Waals surface area contributed by atoms with Crippen molar-refractivity contribution in [3.63, 3.8) is 0 Å². The lowest BCUT2D eigenvalue weighted by atomic mass is 10.0. The van der Waals surface area contributed by atoms with Crippen LogP contribution in [-0.4, -0.2) is 131 Å². The van der Waals surface area contributed by atoms with Gasteiger partial charge in [-0.1, -0.05) is 115 Å². The lowest BCUT2D eigenvalue weighted by Crippen LogP contribution is -2.14. The molecule has 96 heavy (non-hydrogen) atoms. The number of carbonyl (C=O) groups is 10. The van der Waals surface area contributed by atoms with Crippen LogP contribution in [0, 0.1) is 10.1 Å². The minimum atomic E-state index is -4.00. The summed E-state index contributed by atoms with van der Waals surface area (Å²) in [5.74, 6) is -10.3. The number of phenolic OH excluding ortho intramolecular Hbond substituents is 1. The van der Waals surface area contributed by atoms with Crippen LogP contribution in [0.2, 0.25) is 0 Å². The van der Waals surface area contributed by atoms with Crippen LogP contribution in [0.1, 0.15) is 100 Å². The SMILES string of the molecule is CC(=O)Oc1ccccc1.COC(=O)c1ccccc1O.Nc1ccc(S)cc1.O=C(O)c1ccc(C(=O)O)c(C(=O)O)c1.O=C(O)c1cccc(C(=O)O)c1C(=O)O.O=C(O)c1ccccc1O.O=Cc1ccccc1.O=S(=O)(O)c1ccccc1.O=[N+]([O-])c1ccccc1. The van der Waals surface area contributed by atoms with Crippen molar-refractivity contribution < 1.29 is 121 Å². The van der Waals surface area contributed by atoms with Gasteiger partial charge in [-0.2, -0.15) is 8.42 Å². The molecule has 9 aromatic carbocycles. The molecule has 12 N–H and O–H groups in total. The summed E-state index contributed by atoms with van der Waals surface area (Å²) < 4.78 is 38.4. The van der Waals surface area contributed by atoms with E-state index in [0.717, 1.165) is 52.8 Å². The Kier molecular flexibility index (Phi) is 36.1. The zero-order valence-corrected chi connectivity index (χ0v) is 51.6. The summed E-state index contributed by atoms with van der Waals surface area (Å²) in [6.07, 6.45) is 0.833. The summed E-state index contributed by atoms with van der Waals surface area (Å²) in [6, 6.07) is 58.9. The molecule has 28 nitrogen and oxygen atoms in total. The van der Waals surface area contributed by atoms with Crippen molar-refractivity contribution in [3.05, 3.63) is 291 Å². The first-order chi connectivity index (χ1) is 45.3. The van der Waals surface area contributed by atoms with Crippen molar-refractivity contribution >= 4 is 94.1 Å². The quantitative estimate of drug-likeness (QED) is 0.00790. The number of carboxylic acid groups (broad SMARTS) is 7. The van der Waals surface area contributed by atoms with Crippen molar-refractivity contribution in [2.45, 2.75) is 16.7 Å². The molecular weight excluding hydrogens is 1300 g/mol. The van der Waals surface area contributed by atoms with E-state index in [1.807, 2.05) is 60.7 Å². The van der Waals surface area contributed by atoms with Gasteiger partial charge in [0.2, 0.25) is 0 Å². The van der Waals surface area contributed by atoms with Crippen LogP contribution >= 0.6 is 12.6 Å². The number of para-hydroxylation sites is 4.